The standard InChI is InChI=1S/C2H8N3O3P.Na.H/c1-9(7,8)5-4-2(3)6;;/h7-8H,1H3,(H3,3,4,6);;/q;+1;-1. The van der Waals surface area contributed by atoms with Gasteiger partial charge in [0.1, 0.15) is 0 Å². The number of nitrogens with two attached hydrogens (primary N) is 1. The molecule has 5 N–H and O–H groups in total. The fourth-order valence-electron chi connectivity index (χ4n) is 0.144. The minimum absolute atomic E-state index is 0. The van der Waals surface area contributed by atoms with Crippen LogP contribution in [0.1, 0.15) is 1.43 Å². The van der Waals surface area contributed by atoms with Crippen molar-refractivity contribution in [2.75, 3.05) is 6.66 Å². The molecule has 0 rings (SSSR count). The number of rotatable bonds is 1. The maximum absolute atomic E-state index is 9.86. The van der Waals surface area contributed by atoms with Gasteiger partial charge in [-0.15, -0.1) is 4.85 Å². The van der Waals surface area contributed by atoms with E-state index >= 15 is 0 Å². The number of hydrogen-bond donors (Lipinski definition) is 4. The molecule has 2 amide bonds. The Morgan fingerprint density at radius 2 is 2.20 bits per heavy atom. The average Bonchev–Trinajstić information content (AvgIpc) is 1.59. The van der Waals surface area contributed by atoms with Crippen molar-refractivity contribution in [1.29, 1.82) is 0 Å². The summed E-state index contributed by atoms with van der Waals surface area (Å²) in [6.45, 7) is 1.09. The van der Waals surface area contributed by atoms with Gasteiger partial charge in [0.25, 0.3) is 0 Å². The Kier molecular flexibility index (Phi) is 6.68. The Labute approximate surface area is 81.8 Å². The van der Waals surface area contributed by atoms with Crippen molar-refractivity contribution in [3.05, 3.63) is 0 Å². The van der Waals surface area contributed by atoms with Crippen LogP contribution < -0.4 is 40.7 Å². The molecule has 0 atom stereocenters. The van der Waals surface area contributed by atoms with Gasteiger partial charge in [-0.2, -0.15) is 0 Å². The topological polar surface area (TPSA) is 108 Å². The molecule has 0 saturated heterocycles. The van der Waals surface area contributed by atoms with E-state index < -0.39 is 13.5 Å². The van der Waals surface area contributed by atoms with Crippen molar-refractivity contribution < 1.29 is 45.6 Å². The zero-order valence-electron chi connectivity index (χ0n) is 6.77. The first-order valence-corrected chi connectivity index (χ1v) is 4.11. The first kappa shape index (κ1) is 13.0. The van der Waals surface area contributed by atoms with E-state index in [4.69, 9.17) is 9.79 Å². The van der Waals surface area contributed by atoms with Gasteiger partial charge in [0.05, 0.1) is 0 Å². The monoisotopic (exact) mass is 177 g/mol. The van der Waals surface area contributed by atoms with Crippen molar-refractivity contribution in [2.45, 2.75) is 0 Å². The molecule has 0 fully saturated rings. The molecule has 0 aliphatic heterocycles. The van der Waals surface area contributed by atoms with Crippen LogP contribution >= 0.6 is 7.51 Å². The molecule has 0 bridgehead atoms. The number of carbonyl (C=O) groups is 1. The summed E-state index contributed by atoms with van der Waals surface area (Å²) in [5.41, 5.74) is 6.25. The van der Waals surface area contributed by atoms with Crippen molar-refractivity contribution in [2.24, 2.45) is 10.6 Å². The molecular weight excluding hydrogens is 168 g/mol. The number of amides is 2. The largest absolute Gasteiger partial charge is 1.00 e. The van der Waals surface area contributed by atoms with Gasteiger partial charge >= 0.3 is 35.6 Å². The molecule has 0 heterocycles. The minimum Gasteiger partial charge on any atom is -1.00 e. The second kappa shape index (κ2) is 5.12. The molecule has 56 valence electrons. The third-order valence-electron chi connectivity index (χ3n) is 0.350. The molecule has 0 aromatic carbocycles. The molecule has 0 aromatic heterocycles. The number of primary amides is 1. The Hall–Kier alpha value is 0.420. The maximum Gasteiger partial charge on any atom is 1.00 e. The Morgan fingerprint density at radius 1 is 1.80 bits per heavy atom. The molecule has 10 heavy (non-hydrogen) atoms. The van der Waals surface area contributed by atoms with Crippen LogP contribution in [0.25, 0.3) is 0 Å². The molecule has 0 saturated carbocycles. The number of nitrogens with one attached hydrogen (secondary N) is 1. The summed E-state index contributed by atoms with van der Waals surface area (Å²) in [7, 11) is -3.26. The minimum atomic E-state index is -3.26. The Morgan fingerprint density at radius 3 is 2.30 bits per heavy atom. The normalized spacial score (nSPS) is 9.50. The number of hydrogen-bond acceptors (Lipinski definition) is 2. The molecular formula is C2H9N3NaO3P. The quantitative estimate of drug-likeness (QED) is 0.188. The molecule has 0 aliphatic rings. The van der Waals surface area contributed by atoms with Gasteiger partial charge in [-0.25, -0.2) is 10.2 Å². The van der Waals surface area contributed by atoms with E-state index in [1.807, 2.05) is 0 Å². The SMILES string of the molecule is CP(O)(O)=NNC(N)=O.[H-].[Na+]. The van der Waals surface area contributed by atoms with Gasteiger partial charge in [0.15, 0.2) is 0 Å². The van der Waals surface area contributed by atoms with Crippen LogP contribution in [0, 0.1) is 0 Å². The summed E-state index contributed by atoms with van der Waals surface area (Å²) < 4.78 is 0. The van der Waals surface area contributed by atoms with Crippen molar-refractivity contribution >= 4 is 13.5 Å². The van der Waals surface area contributed by atoms with E-state index in [2.05, 4.69) is 10.6 Å². The Bertz CT molecular complexity index is 162. The summed E-state index contributed by atoms with van der Waals surface area (Å²) in [6.07, 6.45) is 0. The van der Waals surface area contributed by atoms with Crippen molar-refractivity contribution in [3.8, 4) is 0 Å². The van der Waals surface area contributed by atoms with Crippen LogP contribution in [-0.4, -0.2) is 22.5 Å². The van der Waals surface area contributed by atoms with Crippen LogP contribution in [0.4, 0.5) is 4.79 Å². The second-order valence-electron chi connectivity index (χ2n) is 1.44. The van der Waals surface area contributed by atoms with E-state index in [0.29, 0.717) is 0 Å². The van der Waals surface area contributed by atoms with Crippen LogP contribution in [0.5, 0.6) is 0 Å². The molecule has 0 aromatic rings. The smallest absolute Gasteiger partial charge is 1.00 e. The zero-order valence-corrected chi connectivity index (χ0v) is 8.67. The van der Waals surface area contributed by atoms with Crippen molar-refractivity contribution in [3.63, 3.8) is 0 Å². The fourth-order valence-corrected chi connectivity index (χ4v) is 0.432. The third-order valence-corrected chi connectivity index (χ3v) is 0.829. The number of nitrogens with zero attached hydrogens (tertiary/aromatic N) is 1. The number of urea groups is 1. The molecule has 0 spiro atoms. The number of carbonyl (C=O) groups excluding carboxylic acids is 1. The van der Waals surface area contributed by atoms with Gasteiger partial charge in [-0.05, 0) is 0 Å². The van der Waals surface area contributed by atoms with Crippen molar-refractivity contribution in [1.82, 2.24) is 5.43 Å². The van der Waals surface area contributed by atoms with E-state index in [-0.39, 0.29) is 31.0 Å². The third kappa shape index (κ3) is 11.2. The predicted molar refractivity (Wildman–Crippen MR) is 33.5 cm³/mol. The predicted octanol–water partition coefficient (Wildman–Crippen LogP) is -3.67. The molecule has 6 nitrogen and oxygen atoms in total. The fraction of sp³-hybridized carbons (Fsp3) is 0.500. The van der Waals surface area contributed by atoms with Gasteiger partial charge in [0, 0.05) is 6.66 Å². The maximum atomic E-state index is 9.86. The summed E-state index contributed by atoms with van der Waals surface area (Å²) in [6, 6.07) is -0.913. The molecule has 0 unspecified atom stereocenters. The van der Waals surface area contributed by atoms with E-state index in [1.54, 1.807) is 5.43 Å². The molecule has 0 radical (unpaired) electrons. The van der Waals surface area contributed by atoms with E-state index in [1.165, 1.54) is 0 Å². The summed E-state index contributed by atoms with van der Waals surface area (Å²) in [4.78, 5) is 29.8. The van der Waals surface area contributed by atoms with Crippen LogP contribution in [0.3, 0.4) is 0 Å². The molecule has 0 aliphatic carbocycles. The summed E-state index contributed by atoms with van der Waals surface area (Å²) in [5, 5.41) is 0. The van der Waals surface area contributed by atoms with Gasteiger partial charge in [0.2, 0.25) is 7.51 Å². The summed E-state index contributed by atoms with van der Waals surface area (Å²) >= 11 is 0. The Balaban J connectivity index is -0.000000320. The zero-order chi connectivity index (χ0) is 7.49. The summed E-state index contributed by atoms with van der Waals surface area (Å²) in [5.74, 6) is 0. The van der Waals surface area contributed by atoms with Gasteiger partial charge < -0.3 is 16.9 Å². The average molecular weight is 177 g/mol. The van der Waals surface area contributed by atoms with E-state index in [9.17, 15) is 4.79 Å². The van der Waals surface area contributed by atoms with Crippen LogP contribution in [-0.2, 0) is 0 Å². The van der Waals surface area contributed by atoms with E-state index in [0.717, 1.165) is 6.66 Å². The first-order chi connectivity index (χ1) is 3.92. The second-order valence-corrected chi connectivity index (χ2v) is 3.38. The van der Waals surface area contributed by atoms with Gasteiger partial charge in [-0.1, -0.05) is 0 Å². The van der Waals surface area contributed by atoms with Crippen LogP contribution in [0.2, 0.25) is 0 Å². The first-order valence-electron chi connectivity index (χ1n) is 2.01. The molecule has 8 heteroatoms. The van der Waals surface area contributed by atoms with Crippen LogP contribution in [0.15, 0.2) is 4.85 Å². The van der Waals surface area contributed by atoms with Gasteiger partial charge in [-0.3, -0.25) is 0 Å².